The van der Waals surface area contributed by atoms with Crippen LogP contribution in [0.3, 0.4) is 0 Å². The minimum atomic E-state index is -1.05. The van der Waals surface area contributed by atoms with Gasteiger partial charge in [-0.2, -0.15) is 0 Å². The van der Waals surface area contributed by atoms with E-state index in [4.69, 9.17) is 5.11 Å². The van der Waals surface area contributed by atoms with Gasteiger partial charge in [0.2, 0.25) is 5.91 Å². The largest absolute Gasteiger partial charge is 0.478 e. The summed E-state index contributed by atoms with van der Waals surface area (Å²) in [5.41, 5.74) is 2.82. The zero-order chi connectivity index (χ0) is 22.4. The molecule has 0 saturated heterocycles. The second-order valence-electron chi connectivity index (χ2n) is 6.98. The molecule has 0 aromatic heterocycles. The highest BCUT2D eigenvalue weighted by Gasteiger charge is 2.15. The first-order chi connectivity index (χ1) is 14.8. The minimum absolute atomic E-state index is 0.112. The number of anilines is 2. The fourth-order valence-corrected chi connectivity index (χ4v) is 3.71. The maximum absolute atomic E-state index is 12.5. The van der Waals surface area contributed by atoms with Crippen molar-refractivity contribution in [1.29, 1.82) is 0 Å². The molecule has 0 fully saturated rings. The van der Waals surface area contributed by atoms with Crippen molar-refractivity contribution in [2.24, 2.45) is 0 Å². The van der Waals surface area contributed by atoms with Crippen LogP contribution >= 0.6 is 11.8 Å². The molecule has 7 heteroatoms. The maximum atomic E-state index is 12.5. The van der Waals surface area contributed by atoms with Crippen molar-refractivity contribution in [2.45, 2.75) is 24.0 Å². The average molecular weight is 435 g/mol. The molecule has 3 rings (SSSR count). The van der Waals surface area contributed by atoms with E-state index >= 15 is 0 Å². The molecular formula is C24H22N2O4S. The zero-order valence-electron chi connectivity index (χ0n) is 17.1. The molecule has 3 aromatic carbocycles. The predicted octanol–water partition coefficient (Wildman–Crippen LogP) is 5.06. The van der Waals surface area contributed by atoms with Gasteiger partial charge in [0, 0.05) is 21.8 Å². The molecule has 31 heavy (non-hydrogen) atoms. The summed E-state index contributed by atoms with van der Waals surface area (Å²) in [4.78, 5) is 36.7. The third-order valence-electron chi connectivity index (χ3n) is 4.45. The summed E-state index contributed by atoms with van der Waals surface area (Å²) >= 11 is 1.37. The van der Waals surface area contributed by atoms with Crippen LogP contribution in [0.5, 0.6) is 0 Å². The van der Waals surface area contributed by atoms with Crippen molar-refractivity contribution in [1.82, 2.24) is 0 Å². The van der Waals surface area contributed by atoms with Gasteiger partial charge in [-0.15, -0.1) is 11.8 Å². The van der Waals surface area contributed by atoms with Gasteiger partial charge in [0.15, 0.2) is 0 Å². The van der Waals surface area contributed by atoms with Crippen LogP contribution in [0.25, 0.3) is 0 Å². The molecule has 0 aliphatic rings. The number of hydrogen-bond acceptors (Lipinski definition) is 4. The Morgan fingerprint density at radius 1 is 0.839 bits per heavy atom. The number of amides is 2. The highest BCUT2D eigenvalue weighted by Crippen LogP contribution is 2.26. The smallest absolute Gasteiger partial charge is 0.335 e. The molecule has 0 radical (unpaired) electrons. The summed E-state index contributed by atoms with van der Waals surface area (Å²) in [7, 11) is 0. The first kappa shape index (κ1) is 22.1. The lowest BCUT2D eigenvalue weighted by Crippen LogP contribution is -2.22. The number of aromatic carboxylic acids is 1. The molecule has 0 aliphatic carbocycles. The van der Waals surface area contributed by atoms with E-state index in [1.54, 1.807) is 37.3 Å². The average Bonchev–Trinajstić information content (AvgIpc) is 2.75. The number of carboxylic acid groups (broad SMARTS) is 1. The number of carbonyl (C=O) groups is 3. The Bertz CT molecular complexity index is 1110. The van der Waals surface area contributed by atoms with Gasteiger partial charge in [-0.3, -0.25) is 9.59 Å². The van der Waals surface area contributed by atoms with Crippen LogP contribution in [0.2, 0.25) is 0 Å². The molecule has 0 bridgehead atoms. The summed E-state index contributed by atoms with van der Waals surface area (Å²) < 4.78 is 0. The lowest BCUT2D eigenvalue weighted by atomic mass is 10.1. The summed E-state index contributed by atoms with van der Waals surface area (Å²) in [5.74, 6) is -1.46. The lowest BCUT2D eigenvalue weighted by Gasteiger charge is -2.13. The Labute approximate surface area is 184 Å². The number of nitrogens with one attached hydrogen (secondary N) is 2. The normalized spacial score (nSPS) is 11.4. The lowest BCUT2D eigenvalue weighted by molar-refractivity contribution is -0.115. The van der Waals surface area contributed by atoms with Crippen LogP contribution in [-0.2, 0) is 4.79 Å². The molecular weight excluding hydrogens is 412 g/mol. The van der Waals surface area contributed by atoms with Gasteiger partial charge in [-0.05, 0) is 68.4 Å². The van der Waals surface area contributed by atoms with Crippen molar-refractivity contribution >= 4 is 40.9 Å². The molecule has 1 unspecified atom stereocenters. The SMILES string of the molecule is Cc1cccc(C(=O)Nc2ccc(SC(C)C(=O)Nc3cccc(C(=O)O)c3)cc2)c1. The first-order valence-corrected chi connectivity index (χ1v) is 10.5. The van der Waals surface area contributed by atoms with Crippen LogP contribution in [0, 0.1) is 6.92 Å². The van der Waals surface area contributed by atoms with Crippen molar-refractivity contribution < 1.29 is 19.5 Å². The first-order valence-electron chi connectivity index (χ1n) is 9.61. The predicted molar refractivity (Wildman–Crippen MR) is 123 cm³/mol. The molecule has 1 atom stereocenters. The Hall–Kier alpha value is -3.58. The third-order valence-corrected chi connectivity index (χ3v) is 5.56. The van der Waals surface area contributed by atoms with Crippen LogP contribution in [0.1, 0.15) is 33.2 Å². The molecule has 0 saturated carbocycles. The summed E-state index contributed by atoms with van der Waals surface area (Å²) in [5, 5.41) is 14.3. The van der Waals surface area contributed by atoms with E-state index in [9.17, 15) is 14.4 Å². The van der Waals surface area contributed by atoms with Gasteiger partial charge in [-0.1, -0.05) is 23.8 Å². The number of hydrogen-bond donors (Lipinski definition) is 3. The maximum Gasteiger partial charge on any atom is 0.335 e. The third kappa shape index (κ3) is 6.20. The van der Waals surface area contributed by atoms with E-state index in [1.165, 1.54) is 23.9 Å². The van der Waals surface area contributed by atoms with E-state index < -0.39 is 11.2 Å². The summed E-state index contributed by atoms with van der Waals surface area (Å²) in [6.07, 6.45) is 0. The Morgan fingerprint density at radius 3 is 2.19 bits per heavy atom. The number of benzene rings is 3. The van der Waals surface area contributed by atoms with Crippen molar-refractivity contribution in [2.75, 3.05) is 10.6 Å². The number of aryl methyl sites for hydroxylation is 1. The van der Waals surface area contributed by atoms with Gasteiger partial charge >= 0.3 is 5.97 Å². The minimum Gasteiger partial charge on any atom is -0.478 e. The highest BCUT2D eigenvalue weighted by atomic mass is 32.2. The van der Waals surface area contributed by atoms with E-state index in [-0.39, 0.29) is 17.4 Å². The van der Waals surface area contributed by atoms with Crippen LogP contribution in [0.4, 0.5) is 11.4 Å². The number of carbonyl (C=O) groups excluding carboxylic acids is 2. The topological polar surface area (TPSA) is 95.5 Å². The monoisotopic (exact) mass is 434 g/mol. The second kappa shape index (κ2) is 9.95. The number of thioether (sulfide) groups is 1. The van der Waals surface area contributed by atoms with E-state index in [0.29, 0.717) is 16.9 Å². The summed E-state index contributed by atoms with van der Waals surface area (Å²) in [6, 6.07) is 20.7. The van der Waals surface area contributed by atoms with Crippen LogP contribution in [0.15, 0.2) is 77.7 Å². The van der Waals surface area contributed by atoms with E-state index in [2.05, 4.69) is 10.6 Å². The van der Waals surface area contributed by atoms with E-state index in [1.807, 2.05) is 37.3 Å². The van der Waals surface area contributed by atoms with Gasteiger partial charge < -0.3 is 15.7 Å². The second-order valence-corrected chi connectivity index (χ2v) is 8.40. The molecule has 2 amide bonds. The quantitative estimate of drug-likeness (QED) is 0.452. The van der Waals surface area contributed by atoms with Crippen molar-refractivity contribution in [3.05, 3.63) is 89.5 Å². The Morgan fingerprint density at radius 2 is 1.52 bits per heavy atom. The van der Waals surface area contributed by atoms with Gasteiger partial charge in [0.25, 0.3) is 5.91 Å². The van der Waals surface area contributed by atoms with Crippen molar-refractivity contribution in [3.8, 4) is 0 Å². The van der Waals surface area contributed by atoms with Gasteiger partial charge in [-0.25, -0.2) is 4.79 Å². The fourth-order valence-electron chi connectivity index (χ4n) is 2.84. The molecule has 158 valence electrons. The zero-order valence-corrected chi connectivity index (χ0v) is 17.9. The fraction of sp³-hybridized carbons (Fsp3) is 0.125. The van der Waals surface area contributed by atoms with E-state index in [0.717, 1.165) is 10.5 Å². The molecule has 3 N–H and O–H groups in total. The van der Waals surface area contributed by atoms with Gasteiger partial charge in [0.05, 0.1) is 10.8 Å². The van der Waals surface area contributed by atoms with Crippen molar-refractivity contribution in [3.63, 3.8) is 0 Å². The standard InChI is InChI=1S/C24H22N2O4S/c1-15-5-3-6-17(13-15)23(28)25-19-9-11-21(12-10-19)31-16(2)22(27)26-20-8-4-7-18(14-20)24(29)30/h3-14,16H,1-2H3,(H,25,28)(H,26,27)(H,29,30). The molecule has 3 aromatic rings. The molecule has 0 aliphatic heterocycles. The highest BCUT2D eigenvalue weighted by molar-refractivity contribution is 8.00. The molecule has 0 heterocycles. The van der Waals surface area contributed by atoms with Crippen LogP contribution < -0.4 is 10.6 Å². The molecule has 6 nitrogen and oxygen atoms in total. The Kier molecular flexibility index (Phi) is 7.10. The molecule has 0 spiro atoms. The Balaban J connectivity index is 1.57. The van der Waals surface area contributed by atoms with Crippen LogP contribution in [-0.4, -0.2) is 28.1 Å². The number of carboxylic acids is 1. The summed E-state index contributed by atoms with van der Waals surface area (Å²) in [6.45, 7) is 3.71. The van der Waals surface area contributed by atoms with Gasteiger partial charge in [0.1, 0.15) is 0 Å². The number of rotatable bonds is 7.